The summed E-state index contributed by atoms with van der Waals surface area (Å²) < 4.78 is 5.26. The fourth-order valence-corrected chi connectivity index (χ4v) is 1.79. The molecular formula is C14H30N2O2. The minimum absolute atomic E-state index is 0.0148. The van der Waals surface area contributed by atoms with E-state index >= 15 is 0 Å². The first-order valence-corrected chi connectivity index (χ1v) is 7.12. The van der Waals surface area contributed by atoms with E-state index in [-0.39, 0.29) is 24.7 Å². The van der Waals surface area contributed by atoms with Crippen molar-refractivity contribution in [3.8, 4) is 0 Å². The summed E-state index contributed by atoms with van der Waals surface area (Å²) >= 11 is 0. The topological polar surface area (TPSA) is 41.6 Å². The second-order valence-corrected chi connectivity index (χ2v) is 5.00. The number of rotatable bonds is 10. The van der Waals surface area contributed by atoms with Crippen LogP contribution in [0, 0.1) is 0 Å². The molecule has 0 rings (SSSR count). The maximum Gasteiger partial charge on any atom is 0.246 e. The summed E-state index contributed by atoms with van der Waals surface area (Å²) in [4.78, 5) is 13.9. The third-order valence-corrected chi connectivity index (χ3v) is 2.96. The number of hydrogen-bond acceptors (Lipinski definition) is 3. The molecule has 0 heterocycles. The van der Waals surface area contributed by atoms with Gasteiger partial charge in [-0.05, 0) is 53.2 Å². The zero-order valence-electron chi connectivity index (χ0n) is 12.7. The van der Waals surface area contributed by atoms with E-state index in [0.29, 0.717) is 0 Å². The van der Waals surface area contributed by atoms with Gasteiger partial charge in [-0.2, -0.15) is 0 Å². The van der Waals surface area contributed by atoms with Gasteiger partial charge in [0.1, 0.15) is 6.61 Å². The molecule has 0 fully saturated rings. The molecule has 0 aliphatic rings. The first-order chi connectivity index (χ1) is 8.49. The van der Waals surface area contributed by atoms with Gasteiger partial charge in [0.25, 0.3) is 0 Å². The standard InChI is InChI=1S/C14H30N2O2/c1-6-16(7-2)10-8-9-13(5)15-14(17)11-18-12(3)4/h12-13H,6-11H2,1-5H3,(H,15,17). The molecule has 0 aliphatic heterocycles. The van der Waals surface area contributed by atoms with E-state index in [2.05, 4.69) is 31.0 Å². The second kappa shape index (κ2) is 10.3. The quantitative estimate of drug-likeness (QED) is 0.652. The lowest BCUT2D eigenvalue weighted by atomic mass is 10.1. The van der Waals surface area contributed by atoms with Crippen LogP contribution in [0.15, 0.2) is 0 Å². The van der Waals surface area contributed by atoms with Crippen LogP contribution in [0.3, 0.4) is 0 Å². The fourth-order valence-electron chi connectivity index (χ4n) is 1.79. The molecule has 1 atom stereocenters. The largest absolute Gasteiger partial charge is 0.369 e. The Morgan fingerprint density at radius 2 is 1.83 bits per heavy atom. The number of carbonyl (C=O) groups is 1. The highest BCUT2D eigenvalue weighted by molar-refractivity contribution is 5.77. The second-order valence-electron chi connectivity index (χ2n) is 5.00. The number of carbonyl (C=O) groups excluding carboxylic acids is 1. The maximum absolute atomic E-state index is 11.5. The van der Waals surface area contributed by atoms with Gasteiger partial charge >= 0.3 is 0 Å². The average Bonchev–Trinajstić information content (AvgIpc) is 2.32. The van der Waals surface area contributed by atoms with E-state index < -0.39 is 0 Å². The molecule has 4 nitrogen and oxygen atoms in total. The number of nitrogens with one attached hydrogen (secondary N) is 1. The minimum atomic E-state index is -0.0148. The lowest BCUT2D eigenvalue weighted by Crippen LogP contribution is -2.36. The zero-order chi connectivity index (χ0) is 14.0. The minimum Gasteiger partial charge on any atom is -0.369 e. The Morgan fingerprint density at radius 3 is 2.33 bits per heavy atom. The zero-order valence-corrected chi connectivity index (χ0v) is 12.7. The van der Waals surface area contributed by atoms with Gasteiger partial charge in [0.05, 0.1) is 6.10 Å². The summed E-state index contributed by atoms with van der Waals surface area (Å²) in [5, 5.41) is 2.96. The highest BCUT2D eigenvalue weighted by Crippen LogP contribution is 1.99. The summed E-state index contributed by atoms with van der Waals surface area (Å²) in [5.74, 6) is -0.0148. The third-order valence-electron chi connectivity index (χ3n) is 2.96. The van der Waals surface area contributed by atoms with Crippen molar-refractivity contribution in [2.45, 2.75) is 59.6 Å². The van der Waals surface area contributed by atoms with Gasteiger partial charge in [-0.1, -0.05) is 13.8 Å². The summed E-state index contributed by atoms with van der Waals surface area (Å²) in [6.07, 6.45) is 2.24. The van der Waals surface area contributed by atoms with Gasteiger partial charge in [-0.25, -0.2) is 0 Å². The van der Waals surface area contributed by atoms with E-state index in [9.17, 15) is 4.79 Å². The number of nitrogens with zero attached hydrogens (tertiary/aromatic N) is 1. The van der Waals surface area contributed by atoms with Crippen LogP contribution >= 0.6 is 0 Å². The SMILES string of the molecule is CCN(CC)CCCC(C)NC(=O)COC(C)C. The Kier molecular flexibility index (Phi) is 9.98. The molecular weight excluding hydrogens is 228 g/mol. The van der Waals surface area contributed by atoms with Gasteiger partial charge in [-0.3, -0.25) is 4.79 Å². The van der Waals surface area contributed by atoms with Gasteiger partial charge in [0.2, 0.25) is 5.91 Å². The van der Waals surface area contributed by atoms with Gasteiger partial charge in [0.15, 0.2) is 0 Å². The summed E-state index contributed by atoms with van der Waals surface area (Å²) in [5.41, 5.74) is 0. The molecule has 0 radical (unpaired) electrons. The molecule has 0 spiro atoms. The van der Waals surface area contributed by atoms with Crippen LogP contribution in [-0.4, -0.2) is 49.2 Å². The molecule has 0 aliphatic carbocycles. The van der Waals surface area contributed by atoms with Crippen molar-refractivity contribution < 1.29 is 9.53 Å². The number of amides is 1. The molecule has 1 N–H and O–H groups in total. The Morgan fingerprint density at radius 1 is 1.22 bits per heavy atom. The van der Waals surface area contributed by atoms with Crippen LogP contribution in [0.5, 0.6) is 0 Å². The van der Waals surface area contributed by atoms with Crippen LogP contribution < -0.4 is 5.32 Å². The first-order valence-electron chi connectivity index (χ1n) is 7.12. The van der Waals surface area contributed by atoms with E-state index in [1.54, 1.807) is 0 Å². The van der Waals surface area contributed by atoms with Crippen molar-refractivity contribution in [2.24, 2.45) is 0 Å². The molecule has 0 aromatic heterocycles. The van der Waals surface area contributed by atoms with Crippen LogP contribution in [0.2, 0.25) is 0 Å². The fraction of sp³-hybridized carbons (Fsp3) is 0.929. The third kappa shape index (κ3) is 9.42. The van der Waals surface area contributed by atoms with Crippen molar-refractivity contribution in [3.05, 3.63) is 0 Å². The summed E-state index contributed by atoms with van der Waals surface area (Å²) in [6.45, 7) is 13.7. The predicted molar refractivity (Wildman–Crippen MR) is 75.7 cm³/mol. The van der Waals surface area contributed by atoms with Crippen molar-refractivity contribution in [3.63, 3.8) is 0 Å². The van der Waals surface area contributed by atoms with Gasteiger partial charge < -0.3 is 15.0 Å². The Balaban J connectivity index is 3.63. The predicted octanol–water partition coefficient (Wildman–Crippen LogP) is 2.04. The monoisotopic (exact) mass is 258 g/mol. The van der Waals surface area contributed by atoms with Gasteiger partial charge in [0, 0.05) is 6.04 Å². The van der Waals surface area contributed by atoms with E-state index in [1.807, 2.05) is 13.8 Å². The van der Waals surface area contributed by atoms with Crippen molar-refractivity contribution >= 4 is 5.91 Å². The van der Waals surface area contributed by atoms with Crippen LogP contribution in [0.1, 0.15) is 47.5 Å². The molecule has 0 saturated heterocycles. The molecule has 1 unspecified atom stereocenters. The summed E-state index contributed by atoms with van der Waals surface area (Å²) in [6, 6.07) is 0.226. The normalized spacial score (nSPS) is 13.1. The van der Waals surface area contributed by atoms with Crippen molar-refractivity contribution in [1.29, 1.82) is 0 Å². The maximum atomic E-state index is 11.5. The highest BCUT2D eigenvalue weighted by Gasteiger charge is 2.08. The van der Waals surface area contributed by atoms with Crippen LogP contribution in [0.4, 0.5) is 0 Å². The lowest BCUT2D eigenvalue weighted by Gasteiger charge is -2.20. The summed E-state index contributed by atoms with van der Waals surface area (Å²) in [7, 11) is 0. The molecule has 108 valence electrons. The van der Waals surface area contributed by atoms with Crippen molar-refractivity contribution in [1.82, 2.24) is 10.2 Å². The van der Waals surface area contributed by atoms with E-state index in [1.165, 1.54) is 0 Å². The Hall–Kier alpha value is -0.610. The Bertz CT molecular complexity index is 216. The molecule has 0 aromatic carbocycles. The van der Waals surface area contributed by atoms with E-state index in [0.717, 1.165) is 32.5 Å². The van der Waals surface area contributed by atoms with Crippen molar-refractivity contribution in [2.75, 3.05) is 26.2 Å². The lowest BCUT2D eigenvalue weighted by molar-refractivity contribution is -0.127. The highest BCUT2D eigenvalue weighted by atomic mass is 16.5. The number of ether oxygens (including phenoxy) is 1. The van der Waals surface area contributed by atoms with E-state index in [4.69, 9.17) is 4.74 Å². The molecule has 1 amide bonds. The van der Waals surface area contributed by atoms with Gasteiger partial charge in [-0.15, -0.1) is 0 Å². The first kappa shape index (κ1) is 17.4. The molecule has 0 bridgehead atoms. The van der Waals surface area contributed by atoms with Crippen LogP contribution in [-0.2, 0) is 9.53 Å². The molecule has 18 heavy (non-hydrogen) atoms. The average molecular weight is 258 g/mol. The number of hydrogen-bond donors (Lipinski definition) is 1. The van der Waals surface area contributed by atoms with Crippen LogP contribution in [0.25, 0.3) is 0 Å². The smallest absolute Gasteiger partial charge is 0.246 e. The Labute approximate surface area is 112 Å². The molecule has 0 saturated carbocycles. The molecule has 0 aromatic rings. The molecule has 4 heteroatoms.